The highest BCUT2D eigenvalue weighted by atomic mass is 19.3. The number of likely N-dealkylation sites (tertiary alicyclic amines) is 1. The van der Waals surface area contributed by atoms with Crippen LogP contribution in [0.2, 0.25) is 0 Å². The van der Waals surface area contributed by atoms with Gasteiger partial charge in [0.25, 0.3) is 0 Å². The Balaban J connectivity index is 2.10. The zero-order valence-electron chi connectivity index (χ0n) is 12.3. The van der Waals surface area contributed by atoms with Gasteiger partial charge in [0.05, 0.1) is 13.2 Å². The summed E-state index contributed by atoms with van der Waals surface area (Å²) in [4.78, 5) is 2.13. The molecular formula is C15H21F2NO3. The van der Waals surface area contributed by atoms with Crippen LogP contribution in [0, 0.1) is 5.92 Å². The predicted octanol–water partition coefficient (Wildman–Crippen LogP) is 2.50. The van der Waals surface area contributed by atoms with Crippen LogP contribution in [0.4, 0.5) is 8.78 Å². The van der Waals surface area contributed by atoms with Crippen molar-refractivity contribution in [3.8, 4) is 11.5 Å². The summed E-state index contributed by atoms with van der Waals surface area (Å²) in [5.41, 5.74) is 0.667. The largest absolute Gasteiger partial charge is 0.497 e. The lowest BCUT2D eigenvalue weighted by atomic mass is 10.0. The van der Waals surface area contributed by atoms with Crippen LogP contribution in [0.25, 0.3) is 0 Å². The molecule has 2 rings (SSSR count). The maximum absolute atomic E-state index is 12.5. The molecule has 1 N–H and O–H groups in total. The number of aliphatic hydroxyl groups excluding tert-OH is 1. The first-order valence-corrected chi connectivity index (χ1v) is 7.01. The number of methoxy groups -OCH3 is 1. The van der Waals surface area contributed by atoms with Crippen LogP contribution >= 0.6 is 0 Å². The minimum absolute atomic E-state index is 0.172. The molecule has 21 heavy (non-hydrogen) atoms. The molecule has 0 saturated carbocycles. The van der Waals surface area contributed by atoms with Crippen molar-refractivity contribution in [1.29, 1.82) is 0 Å². The molecule has 1 saturated heterocycles. The van der Waals surface area contributed by atoms with Crippen LogP contribution in [0.15, 0.2) is 18.2 Å². The highest BCUT2D eigenvalue weighted by molar-refractivity contribution is 5.40. The molecule has 0 amide bonds. The number of rotatable bonds is 6. The second kappa shape index (κ2) is 7.04. The molecule has 1 aromatic carbocycles. The van der Waals surface area contributed by atoms with Gasteiger partial charge in [-0.05, 0) is 44.0 Å². The van der Waals surface area contributed by atoms with E-state index in [1.807, 2.05) is 0 Å². The van der Waals surface area contributed by atoms with E-state index in [1.54, 1.807) is 19.1 Å². The lowest BCUT2D eigenvalue weighted by molar-refractivity contribution is -0.0507. The predicted molar refractivity (Wildman–Crippen MR) is 74.7 cm³/mol. The van der Waals surface area contributed by atoms with Crippen LogP contribution in [-0.2, 0) is 6.54 Å². The average Bonchev–Trinajstić information content (AvgIpc) is 2.89. The molecule has 2 unspecified atom stereocenters. The highest BCUT2D eigenvalue weighted by Gasteiger charge is 2.26. The Hall–Kier alpha value is -1.40. The van der Waals surface area contributed by atoms with E-state index >= 15 is 0 Å². The molecule has 0 spiro atoms. The summed E-state index contributed by atoms with van der Waals surface area (Å²) in [7, 11) is 1.53. The van der Waals surface area contributed by atoms with E-state index in [9.17, 15) is 13.9 Å². The topological polar surface area (TPSA) is 41.9 Å². The average molecular weight is 301 g/mol. The number of hydrogen-bond acceptors (Lipinski definition) is 4. The van der Waals surface area contributed by atoms with Crippen LogP contribution < -0.4 is 9.47 Å². The number of ether oxygens (including phenoxy) is 2. The molecule has 6 heteroatoms. The molecule has 1 aliphatic heterocycles. The number of alkyl halides is 2. The van der Waals surface area contributed by atoms with Crippen molar-refractivity contribution < 1.29 is 23.4 Å². The SMILES string of the molecule is COc1ccc(OC(F)F)c(CN2CCC(C(C)O)C2)c1. The molecule has 118 valence electrons. The Morgan fingerprint density at radius 3 is 2.76 bits per heavy atom. The van der Waals surface area contributed by atoms with Crippen molar-refractivity contribution >= 4 is 0 Å². The third-order valence-corrected chi connectivity index (χ3v) is 3.87. The van der Waals surface area contributed by atoms with E-state index in [1.165, 1.54) is 13.2 Å². The summed E-state index contributed by atoms with van der Waals surface area (Å²) >= 11 is 0. The van der Waals surface area contributed by atoms with Gasteiger partial charge in [-0.3, -0.25) is 4.90 Å². The number of hydrogen-bond donors (Lipinski definition) is 1. The Morgan fingerprint density at radius 2 is 2.19 bits per heavy atom. The van der Waals surface area contributed by atoms with Gasteiger partial charge in [0, 0.05) is 18.7 Å². The van der Waals surface area contributed by atoms with E-state index in [0.717, 1.165) is 19.5 Å². The van der Waals surface area contributed by atoms with Gasteiger partial charge in [-0.1, -0.05) is 0 Å². The molecule has 4 nitrogen and oxygen atoms in total. The number of benzene rings is 1. The fourth-order valence-corrected chi connectivity index (χ4v) is 2.66. The number of aliphatic hydroxyl groups is 1. The van der Waals surface area contributed by atoms with Gasteiger partial charge in [-0.25, -0.2) is 0 Å². The summed E-state index contributed by atoms with van der Waals surface area (Å²) in [6.07, 6.45) is 0.559. The van der Waals surface area contributed by atoms with Gasteiger partial charge >= 0.3 is 6.61 Å². The van der Waals surface area contributed by atoms with Crippen LogP contribution in [0.3, 0.4) is 0 Å². The van der Waals surface area contributed by atoms with Gasteiger partial charge in [0.1, 0.15) is 11.5 Å². The highest BCUT2D eigenvalue weighted by Crippen LogP contribution is 2.29. The van der Waals surface area contributed by atoms with Gasteiger partial charge in [0.2, 0.25) is 0 Å². The Labute approximate surface area is 123 Å². The zero-order valence-corrected chi connectivity index (χ0v) is 12.3. The zero-order chi connectivity index (χ0) is 15.4. The first-order chi connectivity index (χ1) is 9.99. The maximum atomic E-state index is 12.5. The van der Waals surface area contributed by atoms with E-state index in [2.05, 4.69) is 9.64 Å². The summed E-state index contributed by atoms with van der Waals surface area (Å²) in [6.45, 7) is 1.03. The van der Waals surface area contributed by atoms with Crippen molar-refractivity contribution in [2.24, 2.45) is 5.92 Å². The monoisotopic (exact) mass is 301 g/mol. The molecule has 0 radical (unpaired) electrons. The van der Waals surface area contributed by atoms with Crippen molar-refractivity contribution in [1.82, 2.24) is 4.90 Å². The maximum Gasteiger partial charge on any atom is 0.387 e. The molecule has 1 aliphatic rings. The van der Waals surface area contributed by atoms with Gasteiger partial charge in [0.15, 0.2) is 0 Å². The van der Waals surface area contributed by atoms with Gasteiger partial charge in [-0.15, -0.1) is 0 Å². The quantitative estimate of drug-likeness (QED) is 0.876. The van der Waals surface area contributed by atoms with Crippen LogP contribution in [-0.4, -0.2) is 42.9 Å². The molecular weight excluding hydrogens is 280 g/mol. The lowest BCUT2D eigenvalue weighted by Crippen LogP contribution is -2.24. The van der Waals surface area contributed by atoms with Crippen LogP contribution in [0.5, 0.6) is 11.5 Å². The van der Waals surface area contributed by atoms with E-state index in [4.69, 9.17) is 4.74 Å². The summed E-state index contributed by atoms with van der Waals surface area (Å²) in [5.74, 6) is 1.01. The number of nitrogens with zero attached hydrogens (tertiary/aromatic N) is 1. The normalized spacial score (nSPS) is 20.8. The van der Waals surface area contributed by atoms with E-state index in [-0.39, 0.29) is 17.8 Å². The minimum atomic E-state index is -2.85. The first kappa shape index (κ1) is 16.0. The summed E-state index contributed by atoms with van der Waals surface area (Å²) < 4.78 is 34.6. The minimum Gasteiger partial charge on any atom is -0.497 e. The van der Waals surface area contributed by atoms with Crippen molar-refractivity contribution in [2.75, 3.05) is 20.2 Å². The lowest BCUT2D eigenvalue weighted by Gasteiger charge is -2.19. The molecule has 0 aromatic heterocycles. The van der Waals surface area contributed by atoms with Crippen molar-refractivity contribution in [3.63, 3.8) is 0 Å². The van der Waals surface area contributed by atoms with Crippen molar-refractivity contribution in [3.05, 3.63) is 23.8 Å². The summed E-state index contributed by atoms with van der Waals surface area (Å²) in [6, 6.07) is 4.82. The van der Waals surface area contributed by atoms with E-state index < -0.39 is 6.61 Å². The fraction of sp³-hybridized carbons (Fsp3) is 0.600. The molecule has 0 bridgehead atoms. The molecule has 1 heterocycles. The molecule has 1 fully saturated rings. The van der Waals surface area contributed by atoms with E-state index in [0.29, 0.717) is 17.9 Å². The van der Waals surface area contributed by atoms with Gasteiger partial charge < -0.3 is 14.6 Å². The Bertz CT molecular complexity index is 468. The first-order valence-electron chi connectivity index (χ1n) is 7.01. The molecule has 0 aliphatic carbocycles. The standard InChI is InChI=1S/C15H21F2NO3/c1-10(19)11-5-6-18(8-11)9-12-7-13(20-2)3-4-14(12)21-15(16)17/h3-4,7,10-11,15,19H,5-6,8-9H2,1-2H3. The summed E-state index contributed by atoms with van der Waals surface area (Å²) in [5, 5.41) is 9.62. The fourth-order valence-electron chi connectivity index (χ4n) is 2.66. The Kier molecular flexibility index (Phi) is 5.36. The third-order valence-electron chi connectivity index (χ3n) is 3.87. The second-order valence-electron chi connectivity index (χ2n) is 5.38. The van der Waals surface area contributed by atoms with Crippen molar-refractivity contribution in [2.45, 2.75) is 32.6 Å². The van der Waals surface area contributed by atoms with Gasteiger partial charge in [-0.2, -0.15) is 8.78 Å². The van der Waals surface area contributed by atoms with Crippen LogP contribution in [0.1, 0.15) is 18.9 Å². The number of halogens is 2. The Morgan fingerprint density at radius 1 is 1.43 bits per heavy atom. The molecule has 1 aromatic rings. The molecule has 2 atom stereocenters. The second-order valence-corrected chi connectivity index (χ2v) is 5.38. The third kappa shape index (κ3) is 4.28. The smallest absolute Gasteiger partial charge is 0.387 e.